The predicted octanol–water partition coefficient (Wildman–Crippen LogP) is 12.9. The summed E-state index contributed by atoms with van der Waals surface area (Å²) in [6.45, 7) is 17.1. The number of unbranched alkanes of at least 4 members (excludes halogenated alkanes) is 1. The van der Waals surface area contributed by atoms with Crippen LogP contribution in [0, 0.1) is 5.41 Å². The molecule has 3 aliphatic rings. The summed E-state index contributed by atoms with van der Waals surface area (Å²) in [7, 11) is 2.02. The second-order valence-corrected chi connectivity index (χ2v) is 14.5. The van der Waals surface area contributed by atoms with Crippen molar-refractivity contribution in [1.29, 1.82) is 5.41 Å². The molecule has 0 heterocycles. The maximum atomic E-state index is 12.5. The first-order valence-corrected chi connectivity index (χ1v) is 19.4. The second-order valence-electron chi connectivity index (χ2n) is 12.5. The van der Waals surface area contributed by atoms with Crippen LogP contribution in [0.1, 0.15) is 106 Å². The Morgan fingerprint density at radius 1 is 0.880 bits per heavy atom. The molecule has 0 amide bonds. The van der Waals surface area contributed by atoms with Gasteiger partial charge in [-0.15, -0.1) is 0 Å². The highest BCUT2D eigenvalue weighted by molar-refractivity contribution is 8.09. The average molecular weight is 705 g/mol. The highest BCUT2D eigenvalue weighted by Crippen LogP contribution is 2.43. The van der Waals surface area contributed by atoms with Crippen LogP contribution in [0.5, 0.6) is 0 Å². The summed E-state index contributed by atoms with van der Waals surface area (Å²) < 4.78 is 8.39. The minimum absolute atomic E-state index is 0.0205. The number of nitrogens with one attached hydrogen (secondary N) is 1. The molecule has 0 bridgehead atoms. The van der Waals surface area contributed by atoms with E-state index in [1.54, 1.807) is 12.1 Å². The summed E-state index contributed by atoms with van der Waals surface area (Å²) in [4.78, 5) is 14.5. The molecule has 0 radical (unpaired) electrons. The molecule has 1 N–H and O–H groups in total. The largest absolute Gasteiger partial charge is 0.315 e. The monoisotopic (exact) mass is 704 g/mol. The van der Waals surface area contributed by atoms with Crippen LogP contribution in [0.3, 0.4) is 0 Å². The molecule has 2 unspecified atom stereocenters. The zero-order valence-corrected chi connectivity index (χ0v) is 32.3. The van der Waals surface area contributed by atoms with Crippen molar-refractivity contribution in [3.05, 3.63) is 143 Å². The zero-order chi connectivity index (χ0) is 36.3. The second kappa shape index (κ2) is 18.4. The third-order valence-corrected chi connectivity index (χ3v) is 11.3. The van der Waals surface area contributed by atoms with Crippen LogP contribution in [0.2, 0.25) is 0 Å². The maximum Gasteiger partial charge on any atom is 0.211 e. The highest BCUT2D eigenvalue weighted by Gasteiger charge is 2.30. The topological polar surface area (TPSA) is 53.4 Å². The fourth-order valence-corrected chi connectivity index (χ4v) is 7.68. The van der Waals surface area contributed by atoms with Crippen LogP contribution in [-0.4, -0.2) is 24.6 Å². The van der Waals surface area contributed by atoms with Crippen molar-refractivity contribution < 1.29 is 8.98 Å². The van der Waals surface area contributed by atoms with Gasteiger partial charge in [-0.2, -0.15) is 0 Å². The van der Waals surface area contributed by atoms with E-state index in [1.807, 2.05) is 39.1 Å². The number of Topliss-reactive ketones (excluding diaryl/α,β-unsaturated/α-hetero) is 1. The van der Waals surface area contributed by atoms with Crippen molar-refractivity contribution in [2.24, 2.45) is 0 Å². The van der Waals surface area contributed by atoms with Crippen LogP contribution in [0.15, 0.2) is 115 Å². The Bertz CT molecular complexity index is 1800. The zero-order valence-electron chi connectivity index (χ0n) is 30.7. The Morgan fingerprint density at radius 3 is 2.06 bits per heavy atom. The van der Waals surface area contributed by atoms with Crippen LogP contribution in [0.4, 0.5) is 5.69 Å². The Hall–Kier alpha value is -3.84. The Morgan fingerprint density at radius 2 is 1.48 bits per heavy atom. The minimum Gasteiger partial charge on any atom is -0.315 e. The summed E-state index contributed by atoms with van der Waals surface area (Å²) in [6, 6.07) is 24.7. The van der Waals surface area contributed by atoms with Gasteiger partial charge in [0.05, 0.1) is 6.10 Å². The molecule has 0 aliphatic heterocycles. The van der Waals surface area contributed by atoms with Gasteiger partial charge < -0.3 is 8.49 Å². The van der Waals surface area contributed by atoms with Gasteiger partial charge in [-0.1, -0.05) is 146 Å². The quantitative estimate of drug-likeness (QED) is 0.168. The Kier molecular flexibility index (Phi) is 14.3. The molecular formula is C44H52N2O2S2. The number of allylic oxidation sites excluding steroid dienone is 5. The van der Waals surface area contributed by atoms with Crippen LogP contribution < -0.4 is 4.31 Å². The molecular weight excluding hydrogens is 653 g/mol. The van der Waals surface area contributed by atoms with Crippen molar-refractivity contribution >= 4 is 56.6 Å². The number of fused-ring (bicyclic) bond motifs is 2. The van der Waals surface area contributed by atoms with E-state index in [-0.39, 0.29) is 23.0 Å². The summed E-state index contributed by atoms with van der Waals surface area (Å²) in [5.41, 5.74) is 8.57. The number of hydrogen-bond acceptors (Lipinski definition) is 6. The maximum absolute atomic E-state index is 12.5. The highest BCUT2D eigenvalue weighted by atomic mass is 32.2. The smallest absolute Gasteiger partial charge is 0.211 e. The lowest BCUT2D eigenvalue weighted by atomic mass is 9.72. The van der Waals surface area contributed by atoms with Gasteiger partial charge in [0.1, 0.15) is 5.71 Å². The van der Waals surface area contributed by atoms with Gasteiger partial charge in [-0.3, -0.25) is 10.2 Å². The molecule has 3 aromatic carbocycles. The molecule has 4 nitrogen and oxygen atoms in total. The van der Waals surface area contributed by atoms with Crippen LogP contribution in [-0.2, 0) is 9.60 Å². The molecule has 0 saturated carbocycles. The first-order chi connectivity index (χ1) is 24.2. The Labute approximate surface area is 309 Å². The van der Waals surface area contributed by atoms with E-state index in [1.165, 1.54) is 59.1 Å². The number of benzene rings is 3. The van der Waals surface area contributed by atoms with Crippen molar-refractivity contribution in [2.75, 3.05) is 11.4 Å². The predicted molar refractivity (Wildman–Crippen MR) is 221 cm³/mol. The molecule has 50 heavy (non-hydrogen) atoms. The van der Waals surface area contributed by atoms with Crippen molar-refractivity contribution in [3.63, 3.8) is 0 Å². The number of rotatable bonds is 10. The lowest BCUT2D eigenvalue weighted by molar-refractivity contribution is 0.106. The van der Waals surface area contributed by atoms with Crippen LogP contribution >= 0.6 is 24.0 Å². The van der Waals surface area contributed by atoms with Gasteiger partial charge >= 0.3 is 0 Å². The Balaban J connectivity index is 0.000000875. The van der Waals surface area contributed by atoms with E-state index in [4.69, 9.17) is 9.59 Å². The summed E-state index contributed by atoms with van der Waals surface area (Å²) in [5.74, 6) is -0.225. The molecule has 0 spiro atoms. The number of carbonyl (C=O) groups is 1. The molecule has 6 rings (SSSR count). The van der Waals surface area contributed by atoms with Crippen LogP contribution in [0.25, 0.3) is 15.4 Å². The lowest BCUT2D eigenvalue weighted by Crippen LogP contribution is -2.25. The average Bonchev–Trinajstić information content (AvgIpc) is 3.17. The molecule has 6 heteroatoms. The number of anilines is 1. The van der Waals surface area contributed by atoms with Gasteiger partial charge in [-0.25, -0.2) is 0 Å². The summed E-state index contributed by atoms with van der Waals surface area (Å²) in [5, 5.41) is 8.15. The summed E-state index contributed by atoms with van der Waals surface area (Å²) in [6.07, 6.45) is 16.0. The molecule has 3 aromatic rings. The van der Waals surface area contributed by atoms with Gasteiger partial charge in [0.15, 0.2) is 0 Å². The summed E-state index contributed by atoms with van der Waals surface area (Å²) >= 11 is 3.01. The van der Waals surface area contributed by atoms with Gasteiger partial charge in [0, 0.05) is 51.1 Å². The van der Waals surface area contributed by atoms with Crippen molar-refractivity contribution in [1.82, 2.24) is 0 Å². The van der Waals surface area contributed by atoms with Gasteiger partial charge in [0.25, 0.3) is 0 Å². The molecule has 0 saturated heterocycles. The van der Waals surface area contributed by atoms with E-state index in [0.29, 0.717) is 5.56 Å². The first-order valence-electron chi connectivity index (χ1n) is 17.9. The van der Waals surface area contributed by atoms with E-state index in [2.05, 4.69) is 111 Å². The molecule has 0 aromatic heterocycles. The van der Waals surface area contributed by atoms with Crippen molar-refractivity contribution in [3.8, 4) is 0 Å². The van der Waals surface area contributed by atoms with Gasteiger partial charge in [0.2, 0.25) is 5.78 Å². The SMILES string of the molecule is C=C1CC=C(SOC2C=CC(C(C)(CC)c3ccc(N(C)SC4=CC(=N)C(=O)c5ccccc54)cc3)=CC2)c2ccccc21.CC.CCCC. The lowest BCUT2D eigenvalue weighted by Gasteiger charge is -2.33. The third kappa shape index (κ3) is 8.90. The van der Waals surface area contributed by atoms with E-state index >= 15 is 0 Å². The van der Waals surface area contributed by atoms with E-state index in [0.717, 1.165) is 45.9 Å². The van der Waals surface area contributed by atoms with Crippen molar-refractivity contribution in [2.45, 2.75) is 85.2 Å². The molecule has 262 valence electrons. The van der Waals surface area contributed by atoms with E-state index < -0.39 is 0 Å². The normalized spacial score (nSPS) is 17.4. The fourth-order valence-electron chi connectivity index (χ4n) is 5.92. The van der Waals surface area contributed by atoms with Gasteiger partial charge in [-0.05, 0) is 77.3 Å². The molecule has 3 aliphatic carbocycles. The number of ketones is 1. The van der Waals surface area contributed by atoms with E-state index in [9.17, 15) is 4.79 Å². The molecule has 0 fully saturated rings. The fraction of sp³-hybridized carbons (Fsp3) is 0.318. The number of hydrogen-bond donors (Lipinski definition) is 1. The number of carbonyl (C=O) groups excluding carboxylic acids is 1. The number of nitrogens with zero attached hydrogens (tertiary/aromatic N) is 1. The third-order valence-electron chi connectivity index (χ3n) is 9.33. The molecule has 2 atom stereocenters. The first kappa shape index (κ1) is 39.0. The minimum atomic E-state index is -0.225. The standard InChI is InChI=1S/C38H36N2O2S2.C4H10.C2H6/c1-5-38(3,27-17-21-29(22-18-27)42-44-35-23-14-25(2)30-10-6-7-11-31(30)35)26-15-19-28(20-16-26)40(4)43-36-24-34(39)37(41)33-13-9-8-12-32(33)36;1-3-4-2;1-2/h6-13,15-21,23-24,29,39H,2,5,14,22H2,1,3-4H3;3-4H2,1-2H3;1-2H3.